The fourth-order valence-electron chi connectivity index (χ4n) is 4.95. The summed E-state index contributed by atoms with van der Waals surface area (Å²) < 4.78 is 23.0. The zero-order chi connectivity index (χ0) is 29.5. The Morgan fingerprint density at radius 3 is 2.07 bits per heavy atom. The van der Waals surface area contributed by atoms with Crippen molar-refractivity contribution in [2.45, 2.75) is 6.54 Å². The van der Waals surface area contributed by atoms with Crippen molar-refractivity contribution in [3.63, 3.8) is 0 Å². The summed E-state index contributed by atoms with van der Waals surface area (Å²) >= 11 is 0.756. The molecule has 0 bridgehead atoms. The van der Waals surface area contributed by atoms with Crippen LogP contribution in [0.25, 0.3) is 17.0 Å². The number of amides is 4. The molecular formula is C30H22N4O8S. The average molecular weight is 599 g/mol. The summed E-state index contributed by atoms with van der Waals surface area (Å²) in [5.41, 5.74) is 2.45. The highest BCUT2D eigenvalue weighted by atomic mass is 32.2. The van der Waals surface area contributed by atoms with Crippen molar-refractivity contribution in [3.05, 3.63) is 77.3 Å². The van der Waals surface area contributed by atoms with E-state index in [4.69, 9.17) is 18.9 Å². The molecule has 4 aromatic rings. The van der Waals surface area contributed by atoms with Gasteiger partial charge in [-0.25, -0.2) is 0 Å². The second kappa shape index (κ2) is 10.8. The standard InChI is InChI=1S/C30H22N4O8S/c35-27(31-18-5-7-22-24(10-18)41-15-39-22)13-33-12-17(20-3-1-2-4-21(20)33)9-26-29(37)34(30(38)43-26)14-28(36)32-19-6-8-23-25(11-19)42-16-40-23/h1-12H,13-16H2,(H,31,35)(H,32,36)/b26-9-. The Kier molecular flexibility index (Phi) is 6.62. The van der Waals surface area contributed by atoms with Gasteiger partial charge >= 0.3 is 0 Å². The summed E-state index contributed by atoms with van der Waals surface area (Å²) in [6.07, 6.45) is 3.36. The fourth-order valence-corrected chi connectivity index (χ4v) is 5.78. The molecule has 216 valence electrons. The lowest BCUT2D eigenvalue weighted by molar-refractivity contribution is -0.127. The van der Waals surface area contributed by atoms with Gasteiger partial charge in [-0.05, 0) is 48.2 Å². The van der Waals surface area contributed by atoms with Gasteiger partial charge in [0, 0.05) is 46.2 Å². The van der Waals surface area contributed by atoms with E-state index in [2.05, 4.69) is 10.6 Å². The first-order valence-electron chi connectivity index (χ1n) is 13.1. The second-order valence-corrected chi connectivity index (χ2v) is 10.7. The number of fused-ring (bicyclic) bond motifs is 3. The molecule has 12 nitrogen and oxygen atoms in total. The number of benzene rings is 3. The third kappa shape index (κ3) is 5.21. The van der Waals surface area contributed by atoms with E-state index < -0.39 is 23.6 Å². The number of carbonyl (C=O) groups is 4. The number of imide groups is 1. The molecule has 13 heteroatoms. The number of para-hydroxylation sites is 1. The van der Waals surface area contributed by atoms with Crippen molar-refractivity contribution in [3.8, 4) is 23.0 Å². The molecule has 0 spiro atoms. The number of carbonyl (C=O) groups excluding carboxylic acids is 4. The van der Waals surface area contributed by atoms with Crippen LogP contribution in [0.3, 0.4) is 0 Å². The molecule has 7 rings (SSSR count). The fraction of sp³-hybridized carbons (Fsp3) is 0.133. The van der Waals surface area contributed by atoms with Gasteiger partial charge in [0.2, 0.25) is 25.4 Å². The van der Waals surface area contributed by atoms with E-state index in [-0.39, 0.29) is 30.9 Å². The van der Waals surface area contributed by atoms with Gasteiger partial charge in [0.05, 0.1) is 4.91 Å². The Balaban J connectivity index is 1.06. The van der Waals surface area contributed by atoms with Crippen molar-refractivity contribution in [1.82, 2.24) is 9.47 Å². The Morgan fingerprint density at radius 2 is 1.40 bits per heavy atom. The minimum atomic E-state index is -0.576. The summed E-state index contributed by atoms with van der Waals surface area (Å²) in [6.45, 7) is -0.204. The summed E-state index contributed by atoms with van der Waals surface area (Å²) in [6, 6.07) is 17.5. The highest BCUT2D eigenvalue weighted by Crippen LogP contribution is 2.36. The van der Waals surface area contributed by atoms with E-state index in [9.17, 15) is 19.2 Å². The Labute approximate surface area is 248 Å². The molecule has 3 aliphatic rings. The Hall–Kier alpha value is -5.43. The van der Waals surface area contributed by atoms with Crippen LogP contribution < -0.4 is 29.6 Å². The second-order valence-electron chi connectivity index (χ2n) is 9.73. The molecule has 3 aromatic carbocycles. The van der Waals surface area contributed by atoms with E-state index in [1.165, 1.54) is 0 Å². The number of nitrogens with one attached hydrogen (secondary N) is 2. The highest BCUT2D eigenvalue weighted by molar-refractivity contribution is 8.18. The normalized spacial score (nSPS) is 15.9. The molecule has 43 heavy (non-hydrogen) atoms. The van der Waals surface area contributed by atoms with Crippen molar-refractivity contribution in [2.24, 2.45) is 0 Å². The van der Waals surface area contributed by atoms with Gasteiger partial charge in [-0.2, -0.15) is 0 Å². The quantitative estimate of drug-likeness (QED) is 0.296. The monoisotopic (exact) mass is 598 g/mol. The first-order valence-corrected chi connectivity index (χ1v) is 14.0. The summed E-state index contributed by atoms with van der Waals surface area (Å²) in [7, 11) is 0. The highest BCUT2D eigenvalue weighted by Gasteiger charge is 2.36. The van der Waals surface area contributed by atoms with Crippen LogP contribution in [0.2, 0.25) is 0 Å². The predicted molar refractivity (Wildman–Crippen MR) is 157 cm³/mol. The summed E-state index contributed by atoms with van der Waals surface area (Å²) in [4.78, 5) is 52.6. The number of rotatable bonds is 7. The minimum absolute atomic E-state index is 0.00427. The summed E-state index contributed by atoms with van der Waals surface area (Å²) in [5.74, 6) is 0.873. The smallest absolute Gasteiger partial charge is 0.294 e. The van der Waals surface area contributed by atoms with Gasteiger partial charge in [0.1, 0.15) is 13.1 Å². The van der Waals surface area contributed by atoms with E-state index in [1.54, 1.807) is 53.2 Å². The largest absolute Gasteiger partial charge is 0.454 e. The van der Waals surface area contributed by atoms with Crippen LogP contribution in [0.15, 0.2) is 71.8 Å². The van der Waals surface area contributed by atoms with Crippen molar-refractivity contribution < 1.29 is 38.1 Å². The van der Waals surface area contributed by atoms with E-state index in [0.717, 1.165) is 27.6 Å². The Bertz CT molecular complexity index is 1870. The van der Waals surface area contributed by atoms with Crippen molar-refractivity contribution in [2.75, 3.05) is 30.8 Å². The lowest BCUT2D eigenvalue weighted by atomic mass is 10.1. The topological polar surface area (TPSA) is 137 Å². The zero-order valence-corrected chi connectivity index (χ0v) is 23.1. The lowest BCUT2D eigenvalue weighted by Crippen LogP contribution is -2.36. The molecule has 4 heterocycles. The maximum absolute atomic E-state index is 13.2. The van der Waals surface area contributed by atoms with Gasteiger partial charge in [0.25, 0.3) is 11.1 Å². The van der Waals surface area contributed by atoms with Crippen LogP contribution in [0.1, 0.15) is 5.56 Å². The Morgan fingerprint density at radius 1 is 0.791 bits per heavy atom. The first kappa shape index (κ1) is 26.5. The van der Waals surface area contributed by atoms with Crippen molar-refractivity contribution >= 4 is 63.1 Å². The first-order chi connectivity index (χ1) is 20.9. The van der Waals surface area contributed by atoms with Crippen LogP contribution in [0, 0.1) is 0 Å². The number of aromatic nitrogens is 1. The molecule has 0 atom stereocenters. The molecule has 0 aliphatic carbocycles. The molecule has 0 saturated carbocycles. The number of hydrogen-bond donors (Lipinski definition) is 2. The lowest BCUT2D eigenvalue weighted by Gasteiger charge is -2.12. The minimum Gasteiger partial charge on any atom is -0.454 e. The predicted octanol–water partition coefficient (Wildman–Crippen LogP) is 4.41. The third-order valence-electron chi connectivity index (χ3n) is 6.91. The maximum atomic E-state index is 13.2. The molecule has 4 amide bonds. The maximum Gasteiger partial charge on any atom is 0.294 e. The molecular weight excluding hydrogens is 576 g/mol. The van der Waals surface area contributed by atoms with Crippen LogP contribution in [-0.4, -0.2) is 52.6 Å². The van der Waals surface area contributed by atoms with Crippen molar-refractivity contribution in [1.29, 1.82) is 0 Å². The molecule has 1 fully saturated rings. The van der Waals surface area contributed by atoms with E-state index in [0.29, 0.717) is 39.9 Å². The SMILES string of the molecule is O=C(CN1C(=O)S/C(=C\c2cn(CC(=O)Nc3ccc4c(c3)OCO4)c3ccccc23)C1=O)Nc1ccc2c(c1)OCO2. The van der Waals surface area contributed by atoms with Crippen LogP contribution in [0.4, 0.5) is 16.2 Å². The molecule has 0 unspecified atom stereocenters. The van der Waals surface area contributed by atoms with Gasteiger partial charge in [0.15, 0.2) is 23.0 Å². The number of ether oxygens (including phenoxy) is 4. The number of anilines is 2. The average Bonchev–Trinajstić information content (AvgIpc) is 3.77. The van der Waals surface area contributed by atoms with Crippen LogP contribution in [0.5, 0.6) is 23.0 Å². The summed E-state index contributed by atoms with van der Waals surface area (Å²) in [5, 5.41) is 5.78. The van der Waals surface area contributed by atoms with Gasteiger partial charge in [-0.1, -0.05) is 18.2 Å². The van der Waals surface area contributed by atoms with Gasteiger partial charge in [-0.15, -0.1) is 0 Å². The van der Waals surface area contributed by atoms with Crippen LogP contribution >= 0.6 is 11.8 Å². The molecule has 3 aliphatic heterocycles. The van der Waals surface area contributed by atoms with Crippen LogP contribution in [-0.2, 0) is 20.9 Å². The molecule has 1 saturated heterocycles. The van der Waals surface area contributed by atoms with Gasteiger partial charge in [-0.3, -0.25) is 24.1 Å². The zero-order valence-electron chi connectivity index (χ0n) is 22.3. The molecule has 1 aromatic heterocycles. The van der Waals surface area contributed by atoms with E-state index >= 15 is 0 Å². The number of thioether (sulfide) groups is 1. The number of nitrogens with zero attached hydrogens (tertiary/aromatic N) is 2. The third-order valence-corrected chi connectivity index (χ3v) is 7.82. The molecule has 2 N–H and O–H groups in total. The number of hydrogen-bond acceptors (Lipinski definition) is 9. The van der Waals surface area contributed by atoms with Gasteiger partial charge < -0.3 is 34.1 Å². The van der Waals surface area contributed by atoms with E-state index in [1.807, 2.05) is 24.3 Å². The molecule has 0 radical (unpaired) electrons.